The van der Waals surface area contributed by atoms with Crippen molar-refractivity contribution in [3.63, 3.8) is 0 Å². The molecule has 1 atom stereocenters. The van der Waals surface area contributed by atoms with E-state index in [-0.39, 0.29) is 6.04 Å². The summed E-state index contributed by atoms with van der Waals surface area (Å²) in [4.78, 5) is 0. The van der Waals surface area contributed by atoms with Crippen LogP contribution in [0.4, 0.5) is 0 Å². The van der Waals surface area contributed by atoms with Gasteiger partial charge in [0.25, 0.3) is 0 Å². The predicted molar refractivity (Wildman–Crippen MR) is 68.6 cm³/mol. The van der Waals surface area contributed by atoms with Crippen LogP contribution in [0.3, 0.4) is 0 Å². The molecule has 2 nitrogen and oxygen atoms in total. The molecular formula is C14H23NO. The monoisotopic (exact) mass is 221 g/mol. The van der Waals surface area contributed by atoms with E-state index in [1.54, 1.807) is 0 Å². The fraction of sp³-hybridized carbons (Fsp3) is 0.571. The van der Waals surface area contributed by atoms with Gasteiger partial charge in [-0.3, -0.25) is 0 Å². The Morgan fingerprint density at radius 2 is 2.12 bits per heavy atom. The van der Waals surface area contributed by atoms with Crippen molar-refractivity contribution in [3.8, 4) is 0 Å². The average Bonchev–Trinajstić information content (AvgIpc) is 2.52. The van der Waals surface area contributed by atoms with Gasteiger partial charge in [-0.2, -0.15) is 0 Å². The van der Waals surface area contributed by atoms with Gasteiger partial charge in [0.15, 0.2) is 0 Å². The molecule has 1 N–H and O–H groups in total. The van der Waals surface area contributed by atoms with Gasteiger partial charge in [0.1, 0.15) is 11.5 Å². The fourth-order valence-corrected chi connectivity index (χ4v) is 1.85. The van der Waals surface area contributed by atoms with E-state index < -0.39 is 0 Å². The van der Waals surface area contributed by atoms with Crippen molar-refractivity contribution in [2.45, 2.75) is 47.1 Å². The molecule has 90 valence electrons. The highest BCUT2D eigenvalue weighted by atomic mass is 16.3. The minimum Gasteiger partial charge on any atom is -0.466 e. The molecule has 0 aliphatic heterocycles. The minimum absolute atomic E-state index is 0.280. The molecule has 0 bridgehead atoms. The lowest BCUT2D eigenvalue weighted by molar-refractivity contribution is 0.495. The van der Waals surface area contributed by atoms with Crippen LogP contribution in [-0.2, 0) is 0 Å². The zero-order valence-corrected chi connectivity index (χ0v) is 11.1. The Morgan fingerprint density at radius 3 is 2.56 bits per heavy atom. The van der Waals surface area contributed by atoms with Crippen molar-refractivity contribution in [1.82, 2.24) is 5.32 Å². The lowest BCUT2D eigenvalue weighted by atomic mass is 10.0. The standard InChI is InChI=1S/C14H23NO/c1-6-7-15-14(8-10(2)3)13-9-11(4)16-12(13)5/h8-9,14-15H,6-7H2,1-5H3. The Hall–Kier alpha value is -1.02. The van der Waals surface area contributed by atoms with Crippen LogP contribution in [0.15, 0.2) is 22.1 Å². The summed E-state index contributed by atoms with van der Waals surface area (Å²) >= 11 is 0. The van der Waals surface area contributed by atoms with Gasteiger partial charge in [-0.05, 0) is 46.7 Å². The highest BCUT2D eigenvalue weighted by Gasteiger charge is 2.13. The zero-order valence-electron chi connectivity index (χ0n) is 11.1. The maximum atomic E-state index is 5.59. The van der Waals surface area contributed by atoms with Gasteiger partial charge >= 0.3 is 0 Å². The van der Waals surface area contributed by atoms with E-state index in [4.69, 9.17) is 4.42 Å². The van der Waals surface area contributed by atoms with E-state index in [1.807, 2.05) is 13.8 Å². The van der Waals surface area contributed by atoms with Crippen molar-refractivity contribution in [2.75, 3.05) is 6.54 Å². The predicted octanol–water partition coefficient (Wildman–Crippen LogP) is 3.90. The summed E-state index contributed by atoms with van der Waals surface area (Å²) in [7, 11) is 0. The van der Waals surface area contributed by atoms with E-state index in [1.165, 1.54) is 11.1 Å². The number of hydrogen-bond acceptors (Lipinski definition) is 2. The van der Waals surface area contributed by atoms with E-state index in [0.717, 1.165) is 24.5 Å². The third-order valence-corrected chi connectivity index (χ3v) is 2.53. The molecule has 0 radical (unpaired) electrons. The van der Waals surface area contributed by atoms with Crippen molar-refractivity contribution in [2.24, 2.45) is 0 Å². The second-order valence-corrected chi connectivity index (χ2v) is 4.54. The lowest BCUT2D eigenvalue weighted by Gasteiger charge is -2.14. The summed E-state index contributed by atoms with van der Waals surface area (Å²) < 4.78 is 5.59. The van der Waals surface area contributed by atoms with Crippen LogP contribution in [0.2, 0.25) is 0 Å². The van der Waals surface area contributed by atoms with Crippen LogP contribution in [0, 0.1) is 13.8 Å². The van der Waals surface area contributed by atoms with Crippen LogP contribution < -0.4 is 5.32 Å². The van der Waals surface area contributed by atoms with Crippen molar-refractivity contribution < 1.29 is 4.42 Å². The van der Waals surface area contributed by atoms with Crippen molar-refractivity contribution in [1.29, 1.82) is 0 Å². The number of rotatable bonds is 5. The molecule has 0 saturated carbocycles. The summed E-state index contributed by atoms with van der Waals surface area (Å²) in [5.41, 5.74) is 2.58. The summed E-state index contributed by atoms with van der Waals surface area (Å²) in [5, 5.41) is 3.53. The lowest BCUT2D eigenvalue weighted by Crippen LogP contribution is -2.20. The third-order valence-electron chi connectivity index (χ3n) is 2.53. The number of furan rings is 1. The molecule has 1 aromatic heterocycles. The third kappa shape index (κ3) is 3.53. The van der Waals surface area contributed by atoms with Crippen molar-refractivity contribution in [3.05, 3.63) is 34.8 Å². The van der Waals surface area contributed by atoms with Gasteiger partial charge < -0.3 is 9.73 Å². The molecule has 0 aliphatic rings. The summed E-state index contributed by atoms with van der Waals surface area (Å²) in [6.45, 7) is 11.5. The molecule has 0 spiro atoms. The number of allylic oxidation sites excluding steroid dienone is 1. The molecule has 1 unspecified atom stereocenters. The summed E-state index contributed by atoms with van der Waals surface area (Å²) in [6, 6.07) is 2.41. The second kappa shape index (κ2) is 5.90. The highest BCUT2D eigenvalue weighted by Crippen LogP contribution is 2.23. The molecule has 0 aromatic carbocycles. The van der Waals surface area contributed by atoms with Crippen LogP contribution in [0.25, 0.3) is 0 Å². The van der Waals surface area contributed by atoms with Gasteiger partial charge in [0.05, 0.1) is 6.04 Å². The fourth-order valence-electron chi connectivity index (χ4n) is 1.85. The highest BCUT2D eigenvalue weighted by molar-refractivity contribution is 5.28. The number of aryl methyl sites for hydroxylation is 2. The molecule has 0 amide bonds. The molecule has 0 aliphatic carbocycles. The molecule has 0 fully saturated rings. The van der Waals surface area contributed by atoms with Crippen LogP contribution in [0.5, 0.6) is 0 Å². The van der Waals surface area contributed by atoms with E-state index in [2.05, 4.69) is 38.2 Å². The first kappa shape index (κ1) is 13.0. The Labute approximate surface area is 98.7 Å². The van der Waals surface area contributed by atoms with Gasteiger partial charge in [-0.15, -0.1) is 0 Å². The average molecular weight is 221 g/mol. The molecule has 1 heterocycles. The second-order valence-electron chi connectivity index (χ2n) is 4.54. The maximum absolute atomic E-state index is 5.59. The Balaban J connectivity index is 2.91. The quantitative estimate of drug-likeness (QED) is 0.763. The summed E-state index contributed by atoms with van der Waals surface area (Å²) in [6.07, 6.45) is 3.40. The molecular weight excluding hydrogens is 198 g/mol. The normalized spacial score (nSPS) is 12.6. The molecule has 16 heavy (non-hydrogen) atoms. The smallest absolute Gasteiger partial charge is 0.106 e. The molecule has 0 saturated heterocycles. The molecule has 2 heteroatoms. The summed E-state index contributed by atoms with van der Waals surface area (Å²) in [5.74, 6) is 2.00. The first-order chi connectivity index (χ1) is 7.54. The van der Waals surface area contributed by atoms with Crippen LogP contribution in [0.1, 0.15) is 50.3 Å². The number of nitrogens with one attached hydrogen (secondary N) is 1. The van der Waals surface area contributed by atoms with E-state index in [0.29, 0.717) is 0 Å². The largest absolute Gasteiger partial charge is 0.466 e. The SMILES string of the molecule is CCCNC(C=C(C)C)c1cc(C)oc1C. The Bertz CT molecular complexity index is 359. The number of hydrogen-bond donors (Lipinski definition) is 1. The Kier molecular flexibility index (Phi) is 4.81. The maximum Gasteiger partial charge on any atom is 0.106 e. The van der Waals surface area contributed by atoms with Gasteiger partial charge in [0, 0.05) is 5.56 Å². The van der Waals surface area contributed by atoms with Crippen LogP contribution >= 0.6 is 0 Å². The van der Waals surface area contributed by atoms with Crippen LogP contribution in [-0.4, -0.2) is 6.54 Å². The van der Waals surface area contributed by atoms with Gasteiger partial charge in [-0.1, -0.05) is 18.6 Å². The van der Waals surface area contributed by atoms with E-state index >= 15 is 0 Å². The first-order valence-electron chi connectivity index (χ1n) is 6.00. The zero-order chi connectivity index (χ0) is 12.1. The topological polar surface area (TPSA) is 25.2 Å². The van der Waals surface area contributed by atoms with Gasteiger partial charge in [-0.25, -0.2) is 0 Å². The molecule has 1 aromatic rings. The van der Waals surface area contributed by atoms with Gasteiger partial charge in [0.2, 0.25) is 0 Å². The molecule has 1 rings (SSSR count). The minimum atomic E-state index is 0.280. The first-order valence-corrected chi connectivity index (χ1v) is 6.00. The van der Waals surface area contributed by atoms with Crippen molar-refractivity contribution >= 4 is 0 Å². The van der Waals surface area contributed by atoms with E-state index in [9.17, 15) is 0 Å². The Morgan fingerprint density at radius 1 is 1.44 bits per heavy atom.